The molecule has 0 aliphatic rings. The Balaban J connectivity index is 2.68. The first-order valence-electron chi connectivity index (χ1n) is 4.99. The fraction of sp³-hybridized carbons (Fsp3) is 0.333. The Labute approximate surface area is 103 Å². The van der Waals surface area contributed by atoms with Crippen LogP contribution in [0.2, 0.25) is 0 Å². The van der Waals surface area contributed by atoms with Gasteiger partial charge in [0.15, 0.2) is 0 Å². The maximum absolute atomic E-state index is 11.7. The van der Waals surface area contributed by atoms with Gasteiger partial charge in [-0.2, -0.15) is 0 Å². The predicted molar refractivity (Wildman–Crippen MR) is 61.6 cm³/mol. The van der Waals surface area contributed by atoms with Gasteiger partial charge in [0.25, 0.3) is 0 Å². The maximum Gasteiger partial charge on any atom is 0.352 e. The lowest BCUT2D eigenvalue weighted by Crippen LogP contribution is -2.29. The number of rotatable bonds is 6. The number of H-pyrrole nitrogens is 1. The Morgan fingerprint density at radius 3 is 2.61 bits per heavy atom. The summed E-state index contributed by atoms with van der Waals surface area (Å²) in [7, 11) is -2.35. The van der Waals surface area contributed by atoms with E-state index in [4.69, 9.17) is 5.11 Å². The molecule has 0 saturated heterocycles. The van der Waals surface area contributed by atoms with Gasteiger partial charge in [0.05, 0.1) is 0 Å². The molecule has 8 nitrogen and oxygen atoms in total. The van der Waals surface area contributed by atoms with Gasteiger partial charge in [-0.1, -0.05) is 0 Å². The SMILES string of the molecule is CNC(=O)CCNS(=O)(=O)c1c[nH]c(C(=O)O)c1. The molecule has 18 heavy (non-hydrogen) atoms. The van der Waals surface area contributed by atoms with Crippen LogP contribution in [0.15, 0.2) is 17.2 Å². The number of carboxylic acids is 1. The monoisotopic (exact) mass is 275 g/mol. The van der Waals surface area contributed by atoms with Crippen molar-refractivity contribution in [1.82, 2.24) is 15.0 Å². The van der Waals surface area contributed by atoms with E-state index in [-0.39, 0.29) is 29.5 Å². The Bertz CT molecular complexity index is 548. The number of sulfonamides is 1. The van der Waals surface area contributed by atoms with Crippen LogP contribution >= 0.6 is 0 Å². The second-order valence-corrected chi connectivity index (χ2v) is 5.14. The molecule has 100 valence electrons. The second kappa shape index (κ2) is 5.65. The van der Waals surface area contributed by atoms with E-state index in [1.165, 1.54) is 7.05 Å². The summed E-state index contributed by atoms with van der Waals surface area (Å²) in [4.78, 5) is 23.6. The van der Waals surface area contributed by atoms with Gasteiger partial charge in [-0.25, -0.2) is 17.9 Å². The molecule has 1 amide bonds. The van der Waals surface area contributed by atoms with Crippen LogP contribution in [0.4, 0.5) is 0 Å². The minimum atomic E-state index is -3.80. The van der Waals surface area contributed by atoms with Crippen molar-refractivity contribution in [3.8, 4) is 0 Å². The summed E-state index contributed by atoms with van der Waals surface area (Å²) in [6.45, 7) is -0.0599. The molecule has 0 atom stereocenters. The number of carboxylic acid groups (broad SMARTS) is 1. The number of aromatic nitrogens is 1. The predicted octanol–water partition coefficient (Wildman–Crippen LogP) is -0.873. The summed E-state index contributed by atoms with van der Waals surface area (Å²) in [5.41, 5.74) is -0.221. The van der Waals surface area contributed by atoms with Crippen LogP contribution in [0.5, 0.6) is 0 Å². The number of carbonyl (C=O) groups excluding carboxylic acids is 1. The smallest absolute Gasteiger partial charge is 0.352 e. The van der Waals surface area contributed by atoms with E-state index in [1.54, 1.807) is 0 Å². The summed E-state index contributed by atoms with van der Waals surface area (Å²) >= 11 is 0. The highest BCUT2D eigenvalue weighted by Gasteiger charge is 2.17. The second-order valence-electron chi connectivity index (χ2n) is 3.38. The van der Waals surface area contributed by atoms with Crippen molar-refractivity contribution < 1.29 is 23.1 Å². The summed E-state index contributed by atoms with van der Waals surface area (Å²) in [5, 5.41) is 11.0. The van der Waals surface area contributed by atoms with Crippen LogP contribution in [0.3, 0.4) is 0 Å². The number of hydrogen-bond acceptors (Lipinski definition) is 4. The van der Waals surface area contributed by atoms with Gasteiger partial charge in [-0.05, 0) is 6.07 Å². The Morgan fingerprint density at radius 2 is 2.11 bits per heavy atom. The molecule has 0 aliphatic heterocycles. The van der Waals surface area contributed by atoms with Crippen molar-refractivity contribution in [1.29, 1.82) is 0 Å². The van der Waals surface area contributed by atoms with Gasteiger partial charge in [-0.15, -0.1) is 0 Å². The summed E-state index contributed by atoms with van der Waals surface area (Å²) in [5.74, 6) is -1.54. The van der Waals surface area contributed by atoms with Gasteiger partial charge in [0, 0.05) is 26.2 Å². The van der Waals surface area contributed by atoms with Crippen molar-refractivity contribution in [2.24, 2.45) is 0 Å². The first kappa shape index (κ1) is 14.2. The average Bonchev–Trinajstić information content (AvgIpc) is 2.78. The molecule has 0 aromatic carbocycles. The molecule has 0 radical (unpaired) electrons. The molecule has 4 N–H and O–H groups in total. The standard InChI is InChI=1S/C9H13N3O5S/c1-10-8(13)2-3-12-18(16,17)6-4-7(9(14)15)11-5-6/h4-5,11-12H,2-3H2,1H3,(H,10,13)(H,14,15). The lowest BCUT2D eigenvalue weighted by Gasteiger charge is -2.03. The van der Waals surface area contributed by atoms with Crippen LogP contribution in [-0.4, -0.2) is 44.0 Å². The first-order valence-corrected chi connectivity index (χ1v) is 6.47. The van der Waals surface area contributed by atoms with Crippen molar-refractivity contribution in [2.45, 2.75) is 11.3 Å². The lowest BCUT2D eigenvalue weighted by molar-refractivity contribution is -0.120. The molecule has 0 aliphatic carbocycles. The lowest BCUT2D eigenvalue weighted by atomic mass is 10.4. The van der Waals surface area contributed by atoms with E-state index in [0.29, 0.717) is 0 Å². The van der Waals surface area contributed by atoms with Crippen molar-refractivity contribution in [2.75, 3.05) is 13.6 Å². The summed E-state index contributed by atoms with van der Waals surface area (Å²) in [6, 6.07) is 1.00. The molecule has 1 aromatic rings. The van der Waals surface area contributed by atoms with E-state index in [9.17, 15) is 18.0 Å². The van der Waals surface area contributed by atoms with E-state index < -0.39 is 16.0 Å². The molecule has 9 heteroatoms. The molecular formula is C9H13N3O5S. The minimum Gasteiger partial charge on any atom is -0.477 e. The van der Waals surface area contributed by atoms with Crippen molar-refractivity contribution in [3.05, 3.63) is 18.0 Å². The van der Waals surface area contributed by atoms with Crippen LogP contribution in [-0.2, 0) is 14.8 Å². The summed E-state index contributed by atoms with van der Waals surface area (Å²) in [6.07, 6.45) is 1.08. The highest BCUT2D eigenvalue weighted by Crippen LogP contribution is 2.10. The highest BCUT2D eigenvalue weighted by molar-refractivity contribution is 7.89. The molecule has 1 aromatic heterocycles. The zero-order chi connectivity index (χ0) is 13.8. The van der Waals surface area contributed by atoms with Crippen LogP contribution < -0.4 is 10.0 Å². The van der Waals surface area contributed by atoms with E-state index in [1.807, 2.05) is 0 Å². The maximum atomic E-state index is 11.7. The zero-order valence-electron chi connectivity index (χ0n) is 9.56. The minimum absolute atomic E-state index is 0.00589. The molecule has 0 saturated carbocycles. The third kappa shape index (κ3) is 3.57. The molecule has 0 unspecified atom stereocenters. The number of aromatic amines is 1. The highest BCUT2D eigenvalue weighted by atomic mass is 32.2. The largest absolute Gasteiger partial charge is 0.477 e. The third-order valence-corrected chi connectivity index (χ3v) is 3.56. The van der Waals surface area contributed by atoms with Gasteiger partial charge >= 0.3 is 5.97 Å². The van der Waals surface area contributed by atoms with E-state index in [0.717, 1.165) is 12.3 Å². The molecular weight excluding hydrogens is 262 g/mol. The fourth-order valence-corrected chi connectivity index (χ4v) is 2.18. The van der Waals surface area contributed by atoms with Gasteiger partial charge in [0.2, 0.25) is 15.9 Å². The van der Waals surface area contributed by atoms with Gasteiger partial charge < -0.3 is 15.4 Å². The Kier molecular flexibility index (Phi) is 4.45. The number of nitrogens with one attached hydrogen (secondary N) is 3. The van der Waals surface area contributed by atoms with E-state index in [2.05, 4.69) is 15.0 Å². The van der Waals surface area contributed by atoms with E-state index >= 15 is 0 Å². The molecule has 1 heterocycles. The normalized spacial score (nSPS) is 11.2. The molecule has 0 spiro atoms. The van der Waals surface area contributed by atoms with Crippen LogP contribution in [0.1, 0.15) is 16.9 Å². The average molecular weight is 275 g/mol. The topological polar surface area (TPSA) is 128 Å². The van der Waals surface area contributed by atoms with Gasteiger partial charge in [-0.3, -0.25) is 4.79 Å². The van der Waals surface area contributed by atoms with Crippen molar-refractivity contribution in [3.63, 3.8) is 0 Å². The zero-order valence-corrected chi connectivity index (χ0v) is 10.4. The molecule has 0 fully saturated rings. The van der Waals surface area contributed by atoms with Gasteiger partial charge in [0.1, 0.15) is 10.6 Å². The Morgan fingerprint density at radius 1 is 1.44 bits per heavy atom. The third-order valence-electron chi connectivity index (χ3n) is 2.12. The summed E-state index contributed by atoms with van der Waals surface area (Å²) < 4.78 is 25.6. The fourth-order valence-electron chi connectivity index (χ4n) is 1.16. The van der Waals surface area contributed by atoms with Crippen LogP contribution in [0, 0.1) is 0 Å². The number of carbonyl (C=O) groups is 2. The first-order chi connectivity index (χ1) is 8.36. The number of aromatic carboxylic acids is 1. The van der Waals surface area contributed by atoms with Crippen molar-refractivity contribution >= 4 is 21.9 Å². The molecule has 0 bridgehead atoms. The number of hydrogen-bond donors (Lipinski definition) is 4. The number of amides is 1. The Hall–Kier alpha value is -1.87. The van der Waals surface area contributed by atoms with Crippen LogP contribution in [0.25, 0.3) is 0 Å². The quantitative estimate of drug-likeness (QED) is 0.536. The molecule has 1 rings (SSSR count).